The Labute approximate surface area is 178 Å². The van der Waals surface area contributed by atoms with Crippen molar-refractivity contribution in [3.8, 4) is 17.6 Å². The average molecular weight is 409 g/mol. The highest BCUT2D eigenvalue weighted by Crippen LogP contribution is 2.22. The van der Waals surface area contributed by atoms with E-state index in [0.717, 1.165) is 17.7 Å². The molecule has 2 aromatic rings. The highest BCUT2D eigenvalue weighted by atomic mass is 28.3. The van der Waals surface area contributed by atoms with Gasteiger partial charge in [0, 0.05) is 17.9 Å². The topological polar surface area (TPSA) is 18.5 Å². The molecule has 0 aliphatic carbocycles. The molecule has 3 heteroatoms. The van der Waals surface area contributed by atoms with Gasteiger partial charge in [-0.25, -0.2) is 0 Å². The third-order valence-electron chi connectivity index (χ3n) is 5.33. The Kier molecular flexibility index (Phi) is 8.55. The monoisotopic (exact) mass is 408 g/mol. The van der Waals surface area contributed by atoms with Gasteiger partial charge in [0.2, 0.25) is 0 Å². The van der Waals surface area contributed by atoms with E-state index in [9.17, 15) is 0 Å². The molecule has 156 valence electrons. The fraction of sp³-hybridized carbons (Fsp3) is 0.462. The molecule has 0 fully saturated rings. The zero-order valence-electron chi connectivity index (χ0n) is 18.9. The Morgan fingerprint density at radius 2 is 1.66 bits per heavy atom. The Balaban J connectivity index is 1.80. The van der Waals surface area contributed by atoms with Gasteiger partial charge >= 0.3 is 0 Å². The molecular formula is C26H36O2Si. The van der Waals surface area contributed by atoms with Crippen LogP contribution in [0.5, 0.6) is 5.75 Å². The van der Waals surface area contributed by atoms with Gasteiger partial charge in [0.1, 0.15) is 5.75 Å². The molecule has 2 rings (SSSR count). The van der Waals surface area contributed by atoms with Crippen LogP contribution < -0.4 is 9.92 Å². The molecule has 0 amide bonds. The van der Waals surface area contributed by atoms with E-state index in [0.29, 0.717) is 19.1 Å². The molecule has 1 unspecified atom stereocenters. The van der Waals surface area contributed by atoms with E-state index < -0.39 is 8.07 Å². The van der Waals surface area contributed by atoms with Crippen LogP contribution in [0.3, 0.4) is 0 Å². The fourth-order valence-corrected chi connectivity index (χ4v) is 6.41. The minimum absolute atomic E-state index is 0.0351. The van der Waals surface area contributed by atoms with Crippen LogP contribution in [-0.2, 0) is 11.3 Å². The third kappa shape index (κ3) is 8.09. The molecule has 0 aliphatic heterocycles. The van der Waals surface area contributed by atoms with Crippen molar-refractivity contribution in [3.63, 3.8) is 0 Å². The Bertz CT molecular complexity index is 798. The van der Waals surface area contributed by atoms with Gasteiger partial charge in [-0.1, -0.05) is 79.5 Å². The van der Waals surface area contributed by atoms with Crippen LogP contribution in [-0.4, -0.2) is 21.8 Å². The molecule has 0 aromatic heterocycles. The van der Waals surface area contributed by atoms with Gasteiger partial charge < -0.3 is 9.47 Å². The normalized spacial score (nSPS) is 12.8. The summed E-state index contributed by atoms with van der Waals surface area (Å²) in [5.74, 6) is 8.34. The number of benzene rings is 2. The van der Waals surface area contributed by atoms with Crippen LogP contribution in [0.2, 0.25) is 19.1 Å². The van der Waals surface area contributed by atoms with E-state index in [2.05, 4.69) is 76.0 Å². The molecule has 0 N–H and O–H groups in total. The second-order valence-electron chi connectivity index (χ2n) is 9.16. The summed E-state index contributed by atoms with van der Waals surface area (Å²) in [5.41, 5.74) is 1.13. The van der Waals surface area contributed by atoms with Gasteiger partial charge in [0.25, 0.3) is 0 Å². The maximum absolute atomic E-state index is 5.87. The second-order valence-corrected chi connectivity index (χ2v) is 13.9. The maximum atomic E-state index is 5.87. The largest absolute Gasteiger partial charge is 0.497 e. The molecule has 1 atom stereocenters. The predicted octanol–water partition coefficient (Wildman–Crippen LogP) is 5.88. The zero-order chi connectivity index (χ0) is 21.3. The van der Waals surface area contributed by atoms with Crippen molar-refractivity contribution in [3.05, 3.63) is 60.2 Å². The van der Waals surface area contributed by atoms with Crippen LogP contribution in [0.4, 0.5) is 0 Å². The molecule has 0 aliphatic rings. The predicted molar refractivity (Wildman–Crippen MR) is 126 cm³/mol. The van der Waals surface area contributed by atoms with Crippen LogP contribution in [0.15, 0.2) is 54.6 Å². The highest BCUT2D eigenvalue weighted by Gasteiger charge is 2.25. The first-order valence-electron chi connectivity index (χ1n) is 10.5. The number of hydrogen-bond donors (Lipinski definition) is 0. The van der Waals surface area contributed by atoms with E-state index in [1.807, 2.05) is 24.3 Å². The summed E-state index contributed by atoms with van der Waals surface area (Å²) in [6, 6.07) is 20.2. The fourth-order valence-electron chi connectivity index (χ4n) is 3.44. The number of methoxy groups -OCH3 is 1. The quantitative estimate of drug-likeness (QED) is 0.293. The maximum Gasteiger partial charge on any atom is 0.118 e. The summed E-state index contributed by atoms with van der Waals surface area (Å²) in [5, 5.41) is 1.51. The lowest BCUT2D eigenvalue weighted by molar-refractivity contribution is 0.103. The van der Waals surface area contributed by atoms with Gasteiger partial charge in [-0.2, -0.15) is 0 Å². The lowest BCUT2D eigenvalue weighted by Gasteiger charge is -2.25. The Morgan fingerprint density at radius 1 is 1.00 bits per heavy atom. The molecule has 0 bridgehead atoms. The molecule has 29 heavy (non-hydrogen) atoms. The minimum atomic E-state index is -1.45. The van der Waals surface area contributed by atoms with Crippen molar-refractivity contribution in [2.45, 2.75) is 52.9 Å². The first kappa shape index (κ1) is 23.3. The van der Waals surface area contributed by atoms with Crippen LogP contribution in [0, 0.1) is 23.2 Å². The van der Waals surface area contributed by atoms with Gasteiger partial charge in [-0.3, -0.25) is 0 Å². The number of rotatable bonds is 9. The summed E-state index contributed by atoms with van der Waals surface area (Å²) >= 11 is 0. The van der Waals surface area contributed by atoms with Gasteiger partial charge in [0.15, 0.2) is 0 Å². The number of ether oxygens (including phenoxy) is 2. The smallest absolute Gasteiger partial charge is 0.118 e. The number of hydrogen-bond acceptors (Lipinski definition) is 2. The Morgan fingerprint density at radius 3 is 2.28 bits per heavy atom. The van der Waals surface area contributed by atoms with Crippen molar-refractivity contribution < 1.29 is 9.47 Å². The molecular weight excluding hydrogens is 372 g/mol. The molecule has 2 nitrogen and oxygen atoms in total. The van der Waals surface area contributed by atoms with E-state index >= 15 is 0 Å². The molecule has 0 radical (unpaired) electrons. The van der Waals surface area contributed by atoms with Crippen molar-refractivity contribution in [2.24, 2.45) is 11.3 Å². The standard InChI is InChI=1S/C26H36O2Si/c1-22(21-29(5,6)25-10-8-7-9-11-25)16-17-26(2,3)18-19-28-20-23-12-14-24(27-4)15-13-23/h7-15,22H,18-21H2,1-6H3. The first-order chi connectivity index (χ1) is 13.7. The SMILES string of the molecule is COc1ccc(COCCC(C)(C)C#CC(C)C[Si](C)(C)c2ccccc2)cc1. The lowest BCUT2D eigenvalue weighted by atomic mass is 9.90. The first-order valence-corrected chi connectivity index (χ1v) is 13.7. The van der Waals surface area contributed by atoms with E-state index in [1.54, 1.807) is 7.11 Å². The van der Waals surface area contributed by atoms with Crippen molar-refractivity contribution in [2.75, 3.05) is 13.7 Å². The minimum Gasteiger partial charge on any atom is -0.497 e. The average Bonchev–Trinajstić information content (AvgIpc) is 2.71. The summed E-state index contributed by atoms with van der Waals surface area (Å²) in [4.78, 5) is 0. The van der Waals surface area contributed by atoms with E-state index in [-0.39, 0.29) is 5.41 Å². The van der Waals surface area contributed by atoms with Gasteiger partial charge in [0.05, 0.1) is 21.8 Å². The molecule has 0 heterocycles. The van der Waals surface area contributed by atoms with Crippen molar-refractivity contribution in [1.29, 1.82) is 0 Å². The van der Waals surface area contributed by atoms with Gasteiger partial charge in [-0.15, -0.1) is 0 Å². The molecule has 0 saturated heterocycles. The van der Waals surface area contributed by atoms with E-state index in [1.165, 1.54) is 11.2 Å². The van der Waals surface area contributed by atoms with E-state index in [4.69, 9.17) is 9.47 Å². The highest BCUT2D eigenvalue weighted by molar-refractivity contribution is 6.89. The second kappa shape index (κ2) is 10.7. The van der Waals surface area contributed by atoms with Crippen LogP contribution in [0.25, 0.3) is 0 Å². The van der Waals surface area contributed by atoms with Crippen LogP contribution in [0.1, 0.15) is 32.8 Å². The molecule has 0 saturated carbocycles. The van der Waals surface area contributed by atoms with Crippen molar-refractivity contribution in [1.82, 2.24) is 0 Å². The molecule has 2 aromatic carbocycles. The summed E-state index contributed by atoms with van der Waals surface area (Å²) < 4.78 is 11.1. The zero-order valence-corrected chi connectivity index (χ0v) is 19.9. The summed E-state index contributed by atoms with van der Waals surface area (Å²) in [6.45, 7) is 12.9. The summed E-state index contributed by atoms with van der Waals surface area (Å²) in [7, 11) is 0.230. The van der Waals surface area contributed by atoms with Gasteiger partial charge in [-0.05, 0) is 44.0 Å². The van der Waals surface area contributed by atoms with Crippen molar-refractivity contribution >= 4 is 13.3 Å². The lowest BCUT2D eigenvalue weighted by Crippen LogP contribution is -2.42. The summed E-state index contributed by atoms with van der Waals surface area (Å²) in [6.07, 6.45) is 0.933. The molecule has 0 spiro atoms. The third-order valence-corrected chi connectivity index (χ3v) is 8.86. The van der Waals surface area contributed by atoms with Crippen LogP contribution >= 0.6 is 0 Å². The Hall–Kier alpha value is -2.02.